The fourth-order valence-electron chi connectivity index (χ4n) is 1.47. The first-order valence-corrected chi connectivity index (χ1v) is 4.08. The Hall–Kier alpha value is -0.540. The van der Waals surface area contributed by atoms with E-state index in [0.717, 1.165) is 19.5 Å². The highest BCUT2D eigenvalue weighted by molar-refractivity contribution is 6.30. The smallest absolute Gasteiger partial charge is 0.155 e. The molecule has 0 fully saturated rings. The Balaban J connectivity index is 2.52. The van der Waals surface area contributed by atoms with E-state index in [9.17, 15) is 0 Å². The fourth-order valence-corrected chi connectivity index (χ4v) is 1.76. The van der Waals surface area contributed by atoms with Gasteiger partial charge < -0.3 is 5.32 Å². The lowest BCUT2D eigenvalue weighted by molar-refractivity contribution is 0.604. The SMILES string of the molecule is Cn1nc(Cl)c2c1CCNC2. The quantitative estimate of drug-likeness (QED) is 0.624. The molecular formula is C7H10ClN3. The summed E-state index contributed by atoms with van der Waals surface area (Å²) in [5.74, 6) is 0. The molecule has 0 amide bonds. The van der Waals surface area contributed by atoms with Crippen LogP contribution in [-0.4, -0.2) is 16.3 Å². The number of nitrogens with zero attached hydrogens (tertiary/aromatic N) is 2. The molecule has 0 atom stereocenters. The molecule has 1 N–H and O–H groups in total. The van der Waals surface area contributed by atoms with Crippen LogP contribution >= 0.6 is 11.6 Å². The molecule has 2 rings (SSSR count). The first-order valence-electron chi connectivity index (χ1n) is 3.70. The summed E-state index contributed by atoms with van der Waals surface area (Å²) in [7, 11) is 1.94. The molecule has 0 aromatic carbocycles. The van der Waals surface area contributed by atoms with Gasteiger partial charge in [-0.1, -0.05) is 11.6 Å². The second-order valence-electron chi connectivity index (χ2n) is 2.77. The minimum absolute atomic E-state index is 0.648. The molecule has 0 saturated heterocycles. The topological polar surface area (TPSA) is 29.9 Å². The predicted octanol–water partition coefficient (Wildman–Crippen LogP) is 0.719. The van der Waals surface area contributed by atoms with Gasteiger partial charge in [-0.3, -0.25) is 4.68 Å². The van der Waals surface area contributed by atoms with E-state index in [4.69, 9.17) is 11.6 Å². The predicted molar refractivity (Wildman–Crippen MR) is 43.6 cm³/mol. The lowest BCUT2D eigenvalue weighted by atomic mass is 10.1. The number of hydrogen-bond acceptors (Lipinski definition) is 2. The van der Waals surface area contributed by atoms with Gasteiger partial charge in [-0.25, -0.2) is 0 Å². The lowest BCUT2D eigenvalue weighted by Crippen LogP contribution is -2.24. The van der Waals surface area contributed by atoms with Crippen LogP contribution in [0, 0.1) is 0 Å². The van der Waals surface area contributed by atoms with Crippen molar-refractivity contribution in [2.75, 3.05) is 6.54 Å². The van der Waals surface area contributed by atoms with Gasteiger partial charge in [-0.15, -0.1) is 0 Å². The van der Waals surface area contributed by atoms with Crippen molar-refractivity contribution in [2.24, 2.45) is 7.05 Å². The van der Waals surface area contributed by atoms with Gasteiger partial charge in [-0.2, -0.15) is 5.10 Å². The average Bonchev–Trinajstić information content (AvgIpc) is 2.30. The highest BCUT2D eigenvalue weighted by Crippen LogP contribution is 2.20. The van der Waals surface area contributed by atoms with Crippen LogP contribution in [0.4, 0.5) is 0 Å². The van der Waals surface area contributed by atoms with Crippen molar-refractivity contribution in [1.29, 1.82) is 0 Å². The second-order valence-corrected chi connectivity index (χ2v) is 3.12. The van der Waals surface area contributed by atoms with Gasteiger partial charge in [0.2, 0.25) is 0 Å². The molecule has 1 aromatic rings. The molecule has 3 nitrogen and oxygen atoms in total. The van der Waals surface area contributed by atoms with Crippen LogP contribution in [-0.2, 0) is 20.0 Å². The van der Waals surface area contributed by atoms with Crippen molar-refractivity contribution >= 4 is 11.6 Å². The second kappa shape index (κ2) is 2.50. The van der Waals surface area contributed by atoms with Gasteiger partial charge in [-0.05, 0) is 0 Å². The van der Waals surface area contributed by atoms with E-state index in [2.05, 4.69) is 10.4 Å². The molecule has 1 aromatic heterocycles. The van der Waals surface area contributed by atoms with Crippen LogP contribution in [0.25, 0.3) is 0 Å². The van der Waals surface area contributed by atoms with E-state index in [1.165, 1.54) is 11.3 Å². The van der Waals surface area contributed by atoms with E-state index in [1.807, 2.05) is 11.7 Å². The van der Waals surface area contributed by atoms with Gasteiger partial charge >= 0.3 is 0 Å². The third-order valence-electron chi connectivity index (χ3n) is 2.07. The number of halogens is 1. The average molecular weight is 172 g/mol. The molecule has 11 heavy (non-hydrogen) atoms. The number of rotatable bonds is 0. The van der Waals surface area contributed by atoms with Crippen LogP contribution in [0.2, 0.25) is 5.15 Å². The van der Waals surface area contributed by atoms with Gasteiger partial charge in [0.05, 0.1) is 0 Å². The van der Waals surface area contributed by atoms with Crippen LogP contribution in [0.1, 0.15) is 11.3 Å². The monoisotopic (exact) mass is 171 g/mol. The number of fused-ring (bicyclic) bond motifs is 1. The molecule has 0 saturated carbocycles. The van der Waals surface area contributed by atoms with E-state index in [-0.39, 0.29) is 0 Å². The zero-order valence-corrected chi connectivity index (χ0v) is 7.15. The zero-order valence-electron chi connectivity index (χ0n) is 6.39. The normalized spacial score (nSPS) is 16.5. The maximum Gasteiger partial charge on any atom is 0.155 e. The standard InChI is InChI=1S/C7H10ClN3/c1-11-6-2-3-9-4-5(6)7(8)10-11/h9H,2-4H2,1H3. The summed E-state index contributed by atoms with van der Waals surface area (Å²) >= 11 is 5.89. The molecule has 0 radical (unpaired) electrons. The lowest BCUT2D eigenvalue weighted by Gasteiger charge is -2.12. The maximum absolute atomic E-state index is 5.89. The molecule has 4 heteroatoms. The summed E-state index contributed by atoms with van der Waals surface area (Å²) in [6.45, 7) is 1.89. The molecule has 1 aliphatic rings. The molecule has 0 bridgehead atoms. The van der Waals surface area contributed by atoms with Crippen LogP contribution in [0.15, 0.2) is 0 Å². The summed E-state index contributed by atoms with van der Waals surface area (Å²) in [5, 5.41) is 8.04. The molecule has 1 aliphatic heterocycles. The van der Waals surface area contributed by atoms with Gasteiger partial charge in [0.25, 0.3) is 0 Å². The van der Waals surface area contributed by atoms with E-state index in [0.29, 0.717) is 5.15 Å². The first kappa shape index (κ1) is 7.13. The third-order valence-corrected chi connectivity index (χ3v) is 2.37. The summed E-state index contributed by atoms with van der Waals surface area (Å²) < 4.78 is 1.87. The van der Waals surface area contributed by atoms with Crippen molar-refractivity contribution in [1.82, 2.24) is 15.1 Å². The number of nitrogens with one attached hydrogen (secondary N) is 1. The summed E-state index contributed by atoms with van der Waals surface area (Å²) in [4.78, 5) is 0. The van der Waals surface area contributed by atoms with Crippen molar-refractivity contribution in [2.45, 2.75) is 13.0 Å². The molecule has 0 unspecified atom stereocenters. The van der Waals surface area contributed by atoms with Crippen LogP contribution < -0.4 is 5.32 Å². The van der Waals surface area contributed by atoms with E-state index >= 15 is 0 Å². The highest BCUT2D eigenvalue weighted by Gasteiger charge is 2.16. The van der Waals surface area contributed by atoms with Crippen LogP contribution in [0.3, 0.4) is 0 Å². The molecule has 0 spiro atoms. The molecular weight excluding hydrogens is 162 g/mol. The number of aromatic nitrogens is 2. The summed E-state index contributed by atoms with van der Waals surface area (Å²) in [5.41, 5.74) is 2.44. The zero-order chi connectivity index (χ0) is 7.84. The van der Waals surface area contributed by atoms with Crippen molar-refractivity contribution < 1.29 is 0 Å². The van der Waals surface area contributed by atoms with E-state index < -0.39 is 0 Å². The van der Waals surface area contributed by atoms with Gasteiger partial charge in [0.1, 0.15) is 0 Å². The van der Waals surface area contributed by atoms with Crippen LogP contribution in [0.5, 0.6) is 0 Å². The molecule has 60 valence electrons. The number of aryl methyl sites for hydroxylation is 1. The third kappa shape index (κ3) is 1.04. The minimum Gasteiger partial charge on any atom is -0.312 e. The van der Waals surface area contributed by atoms with Crippen molar-refractivity contribution in [3.63, 3.8) is 0 Å². The minimum atomic E-state index is 0.648. The summed E-state index contributed by atoms with van der Waals surface area (Å²) in [6.07, 6.45) is 1.03. The number of hydrogen-bond donors (Lipinski definition) is 1. The van der Waals surface area contributed by atoms with E-state index in [1.54, 1.807) is 0 Å². The van der Waals surface area contributed by atoms with Gasteiger partial charge in [0, 0.05) is 37.8 Å². The molecule has 0 aliphatic carbocycles. The molecule has 2 heterocycles. The largest absolute Gasteiger partial charge is 0.312 e. The Morgan fingerprint density at radius 3 is 3.18 bits per heavy atom. The van der Waals surface area contributed by atoms with Gasteiger partial charge in [0.15, 0.2) is 5.15 Å². The Kier molecular flexibility index (Phi) is 1.62. The maximum atomic E-state index is 5.89. The first-order chi connectivity index (χ1) is 5.29. The summed E-state index contributed by atoms with van der Waals surface area (Å²) in [6, 6.07) is 0. The Bertz CT molecular complexity index is 253. The highest BCUT2D eigenvalue weighted by atomic mass is 35.5. The van der Waals surface area contributed by atoms with Crippen molar-refractivity contribution in [3.05, 3.63) is 16.4 Å². The Morgan fingerprint density at radius 2 is 2.45 bits per heavy atom. The Morgan fingerprint density at radius 1 is 1.64 bits per heavy atom. The van der Waals surface area contributed by atoms with Crippen molar-refractivity contribution in [3.8, 4) is 0 Å². The fraction of sp³-hybridized carbons (Fsp3) is 0.571. The Labute approximate surface area is 70.3 Å².